The lowest BCUT2D eigenvalue weighted by molar-refractivity contribution is -0.129. The number of aliphatic hydroxyl groups excluding tert-OH is 1. The van der Waals surface area contributed by atoms with Crippen molar-refractivity contribution in [3.8, 4) is 39.5 Å². The van der Waals surface area contributed by atoms with Gasteiger partial charge in [-0.05, 0) is 49.6 Å². The van der Waals surface area contributed by atoms with Gasteiger partial charge in [-0.3, -0.25) is 9.48 Å². The number of halogens is 2. The summed E-state index contributed by atoms with van der Waals surface area (Å²) in [5.41, 5.74) is 5.26. The second-order valence-corrected chi connectivity index (χ2v) is 12.3. The Balaban J connectivity index is 1.51. The summed E-state index contributed by atoms with van der Waals surface area (Å²) in [5.74, 6) is -1.88. The van der Waals surface area contributed by atoms with E-state index in [2.05, 4.69) is 11.6 Å². The summed E-state index contributed by atoms with van der Waals surface area (Å²) < 4.78 is 41.0. The number of carbonyl (C=O) groups excluding carboxylic acids is 1. The van der Waals surface area contributed by atoms with E-state index in [0.29, 0.717) is 41.1 Å². The fourth-order valence-electron chi connectivity index (χ4n) is 6.11. The molecule has 0 fully saturated rings. The number of carbonyl (C=O) groups is 1. The van der Waals surface area contributed by atoms with Gasteiger partial charge < -0.3 is 19.3 Å². The molecule has 6 aromatic rings. The van der Waals surface area contributed by atoms with Crippen LogP contribution in [0.15, 0.2) is 66.8 Å². The van der Waals surface area contributed by atoms with E-state index >= 15 is 4.39 Å². The Bertz CT molecular complexity index is 2170. The van der Waals surface area contributed by atoms with Crippen LogP contribution in [0.3, 0.4) is 0 Å². The highest BCUT2D eigenvalue weighted by atomic mass is 32.1. The van der Waals surface area contributed by atoms with Gasteiger partial charge in [0.25, 0.3) is 0 Å². The number of hydrogen-bond donors (Lipinski definition) is 1. The number of imidazole rings is 1. The lowest BCUT2D eigenvalue weighted by Gasteiger charge is -2.33. The van der Waals surface area contributed by atoms with Gasteiger partial charge in [-0.2, -0.15) is 5.10 Å². The minimum absolute atomic E-state index is 0.0159. The highest BCUT2D eigenvalue weighted by Crippen LogP contribution is 2.47. The molecule has 4 aromatic heterocycles. The molecule has 0 bridgehead atoms. The molecule has 1 aliphatic rings. The maximum Gasteiger partial charge on any atom is 0.246 e. The number of ether oxygens (including phenoxy) is 1. The zero-order valence-corrected chi connectivity index (χ0v) is 26.2. The molecular formula is C34H30F2N6O3S. The quantitative estimate of drug-likeness (QED) is 0.200. The molecule has 9 nitrogen and oxygen atoms in total. The van der Waals surface area contributed by atoms with Gasteiger partial charge in [-0.1, -0.05) is 12.6 Å². The fourth-order valence-corrected chi connectivity index (χ4v) is 7.02. The second kappa shape index (κ2) is 11.5. The summed E-state index contributed by atoms with van der Waals surface area (Å²) in [6.07, 6.45) is 2.18. The topological polar surface area (TPSA) is 98.3 Å². The number of rotatable bonds is 7. The predicted octanol–water partition coefficient (Wildman–Crippen LogP) is 6.51. The maximum atomic E-state index is 16.0. The van der Waals surface area contributed by atoms with E-state index in [1.54, 1.807) is 11.2 Å². The number of benzene rings is 2. The van der Waals surface area contributed by atoms with Gasteiger partial charge in [0.15, 0.2) is 0 Å². The Labute approximate surface area is 267 Å². The van der Waals surface area contributed by atoms with Crippen LogP contribution in [0.25, 0.3) is 54.9 Å². The highest BCUT2D eigenvalue weighted by molar-refractivity contribution is 7.17. The van der Waals surface area contributed by atoms with Gasteiger partial charge in [-0.25, -0.2) is 18.7 Å². The van der Waals surface area contributed by atoms with Crippen molar-refractivity contribution in [2.75, 3.05) is 13.2 Å². The summed E-state index contributed by atoms with van der Waals surface area (Å²) in [6, 6.07) is 11.3. The summed E-state index contributed by atoms with van der Waals surface area (Å²) >= 11 is 1.45. The third kappa shape index (κ3) is 4.94. The Hall–Kier alpha value is -4.94. The minimum atomic E-state index is -0.871. The maximum absolute atomic E-state index is 16.0. The molecule has 1 aliphatic heterocycles. The molecule has 0 saturated heterocycles. The lowest BCUT2D eigenvalue weighted by atomic mass is 9.95. The molecule has 0 radical (unpaired) electrons. The average Bonchev–Trinajstić information content (AvgIpc) is 3.78. The number of amides is 1. The van der Waals surface area contributed by atoms with Crippen LogP contribution >= 0.6 is 11.3 Å². The molecule has 2 aromatic carbocycles. The summed E-state index contributed by atoms with van der Waals surface area (Å²) in [5, 5.41) is 17.4. The number of aryl methyl sites for hydroxylation is 1. The van der Waals surface area contributed by atoms with Gasteiger partial charge in [0.05, 0.1) is 57.7 Å². The first-order valence-corrected chi connectivity index (χ1v) is 15.7. The zero-order valence-electron chi connectivity index (χ0n) is 25.4. The first-order valence-electron chi connectivity index (χ1n) is 14.8. The van der Waals surface area contributed by atoms with E-state index in [4.69, 9.17) is 14.8 Å². The van der Waals surface area contributed by atoms with E-state index in [1.165, 1.54) is 24.3 Å². The SMILES string of the molecule is C=CC(=O)N1CCn2nc(-c3nc(-c4ccc5c(c4)ncn5C)c4sccc4c3-c3c(F)cc(F)cc3OC[C@@H](C)O)cc2[C@@H]1C. The number of aromatic nitrogens is 5. The Morgan fingerprint density at radius 2 is 2.00 bits per heavy atom. The van der Waals surface area contributed by atoms with Gasteiger partial charge in [0.2, 0.25) is 5.91 Å². The van der Waals surface area contributed by atoms with Crippen LogP contribution in [0.4, 0.5) is 8.78 Å². The van der Waals surface area contributed by atoms with Crippen molar-refractivity contribution >= 4 is 38.4 Å². The van der Waals surface area contributed by atoms with Crippen molar-refractivity contribution in [1.29, 1.82) is 0 Å². The average molecular weight is 641 g/mol. The standard InChI is InChI=1S/C34H30F2N6O3S/c1-5-29(44)41-9-10-42-27(19(41)3)15-25(39-42)33-30(31-23(36)13-21(35)14-28(31)45-16-18(2)43)22-8-11-46-34(22)32(38-33)20-6-7-26-24(12-20)37-17-40(26)4/h5-8,11-15,17-19,43H,1,9-10,16H2,2-4H3/t18-,19+/m1/s1. The molecule has 1 amide bonds. The largest absolute Gasteiger partial charge is 0.490 e. The third-order valence-electron chi connectivity index (χ3n) is 8.32. The van der Waals surface area contributed by atoms with E-state index in [-0.39, 0.29) is 29.9 Å². The van der Waals surface area contributed by atoms with Crippen molar-refractivity contribution in [2.45, 2.75) is 32.5 Å². The van der Waals surface area contributed by atoms with Crippen LogP contribution in [-0.2, 0) is 18.4 Å². The molecule has 12 heteroatoms. The Morgan fingerprint density at radius 1 is 1.17 bits per heavy atom. The molecule has 7 rings (SSSR count). The number of thiophene rings is 1. The number of fused-ring (bicyclic) bond motifs is 3. The van der Waals surface area contributed by atoms with E-state index in [1.807, 2.05) is 58.9 Å². The molecule has 46 heavy (non-hydrogen) atoms. The van der Waals surface area contributed by atoms with E-state index in [0.717, 1.165) is 39.1 Å². The first-order chi connectivity index (χ1) is 22.1. The number of aliphatic hydroxyl groups is 1. The number of pyridine rings is 1. The van der Waals surface area contributed by atoms with E-state index < -0.39 is 17.7 Å². The molecule has 5 heterocycles. The zero-order chi connectivity index (χ0) is 32.3. The monoisotopic (exact) mass is 640 g/mol. The molecule has 2 atom stereocenters. The smallest absolute Gasteiger partial charge is 0.246 e. The van der Waals surface area contributed by atoms with Crippen LogP contribution in [0, 0.1) is 11.6 Å². The van der Waals surface area contributed by atoms with E-state index in [9.17, 15) is 14.3 Å². The highest BCUT2D eigenvalue weighted by Gasteiger charge is 2.31. The van der Waals surface area contributed by atoms with Gasteiger partial charge in [0, 0.05) is 42.2 Å². The van der Waals surface area contributed by atoms with Crippen LogP contribution in [0.1, 0.15) is 25.6 Å². The van der Waals surface area contributed by atoms with Crippen LogP contribution in [0.5, 0.6) is 5.75 Å². The summed E-state index contributed by atoms with van der Waals surface area (Å²) in [6.45, 7) is 7.82. The molecule has 0 spiro atoms. The normalized spacial score (nSPS) is 15.3. The summed E-state index contributed by atoms with van der Waals surface area (Å²) in [7, 11) is 1.93. The van der Waals surface area contributed by atoms with Crippen molar-refractivity contribution in [1.82, 2.24) is 29.2 Å². The first kappa shape index (κ1) is 29.8. The lowest BCUT2D eigenvalue weighted by Crippen LogP contribution is -2.40. The molecule has 0 aliphatic carbocycles. The number of hydrogen-bond acceptors (Lipinski definition) is 7. The predicted molar refractivity (Wildman–Crippen MR) is 173 cm³/mol. The van der Waals surface area contributed by atoms with Gasteiger partial charge in [-0.15, -0.1) is 11.3 Å². The fraction of sp³-hybridized carbons (Fsp3) is 0.235. The van der Waals surface area contributed by atoms with Crippen LogP contribution in [-0.4, -0.2) is 59.5 Å². The number of nitrogens with zero attached hydrogens (tertiary/aromatic N) is 6. The third-order valence-corrected chi connectivity index (χ3v) is 9.24. The van der Waals surface area contributed by atoms with Gasteiger partial charge >= 0.3 is 0 Å². The van der Waals surface area contributed by atoms with Crippen molar-refractivity contribution < 1.29 is 23.4 Å². The molecule has 1 N–H and O–H groups in total. The van der Waals surface area contributed by atoms with Gasteiger partial charge in [0.1, 0.15) is 35.4 Å². The van der Waals surface area contributed by atoms with Crippen molar-refractivity contribution in [3.63, 3.8) is 0 Å². The molecular weight excluding hydrogens is 610 g/mol. The summed E-state index contributed by atoms with van der Waals surface area (Å²) in [4.78, 5) is 24.0. The minimum Gasteiger partial charge on any atom is -0.490 e. The second-order valence-electron chi connectivity index (χ2n) is 11.4. The van der Waals surface area contributed by atoms with Crippen LogP contribution in [0.2, 0.25) is 0 Å². The molecule has 0 unspecified atom stereocenters. The molecule has 234 valence electrons. The van der Waals surface area contributed by atoms with Crippen molar-refractivity contribution in [3.05, 3.63) is 84.2 Å². The Kier molecular flexibility index (Phi) is 7.41. The molecule has 0 saturated carbocycles. The van der Waals surface area contributed by atoms with Crippen LogP contribution < -0.4 is 4.74 Å². The van der Waals surface area contributed by atoms with Crippen molar-refractivity contribution in [2.24, 2.45) is 7.05 Å². The Morgan fingerprint density at radius 3 is 2.78 bits per heavy atom.